The highest BCUT2D eigenvalue weighted by molar-refractivity contribution is 5.94. The molecule has 0 saturated heterocycles. The first-order valence-corrected chi connectivity index (χ1v) is 12.0. The van der Waals surface area contributed by atoms with Crippen LogP contribution in [0.1, 0.15) is 75.1 Å². The lowest BCUT2D eigenvalue weighted by molar-refractivity contribution is 0.0716. The van der Waals surface area contributed by atoms with Crippen LogP contribution in [0.3, 0.4) is 0 Å². The summed E-state index contributed by atoms with van der Waals surface area (Å²) in [5, 5.41) is 0. The summed E-state index contributed by atoms with van der Waals surface area (Å²) in [6.07, 6.45) is 5.57. The maximum absolute atomic E-state index is 13.9. The fourth-order valence-electron chi connectivity index (χ4n) is 4.15. The molecule has 32 heavy (non-hydrogen) atoms. The van der Waals surface area contributed by atoms with Crippen molar-refractivity contribution >= 4 is 16.9 Å². The number of rotatable bonds is 11. The second-order valence-corrected chi connectivity index (χ2v) is 9.05. The fraction of sp³-hybridized carbons (Fsp3) is 0.481. The summed E-state index contributed by atoms with van der Waals surface area (Å²) in [6.45, 7) is 10.3. The van der Waals surface area contributed by atoms with Gasteiger partial charge in [-0.3, -0.25) is 4.79 Å². The quantitative estimate of drug-likeness (QED) is 0.316. The predicted octanol–water partition coefficient (Wildman–Crippen LogP) is 6.62. The number of fused-ring (bicyclic) bond motifs is 1. The normalized spacial score (nSPS) is 11.4. The van der Waals surface area contributed by atoms with Crippen molar-refractivity contribution in [2.75, 3.05) is 6.54 Å². The number of carbonyl (C=O) groups is 1. The zero-order valence-electron chi connectivity index (χ0n) is 19.9. The topological polar surface area (TPSA) is 38.1 Å². The van der Waals surface area contributed by atoms with Gasteiger partial charge in [0.05, 0.1) is 17.6 Å². The number of imidazole rings is 1. The average molecular weight is 438 g/mol. The molecule has 0 aliphatic carbocycles. The summed E-state index contributed by atoms with van der Waals surface area (Å²) in [4.78, 5) is 20.1. The molecule has 1 aromatic heterocycles. The summed E-state index contributed by atoms with van der Waals surface area (Å²) in [6, 6.07) is 12.7. The number of halogens is 1. The Labute approximate surface area is 191 Å². The van der Waals surface area contributed by atoms with E-state index in [1.54, 1.807) is 6.07 Å². The highest BCUT2D eigenvalue weighted by atomic mass is 19.1. The molecular formula is C27H36FN3O. The minimum absolute atomic E-state index is 0.0140. The van der Waals surface area contributed by atoms with Gasteiger partial charge in [-0.25, -0.2) is 9.37 Å². The minimum atomic E-state index is -0.268. The minimum Gasteiger partial charge on any atom is -0.331 e. The number of aryl methyl sites for hydroxylation is 2. The van der Waals surface area contributed by atoms with Crippen LogP contribution < -0.4 is 0 Å². The van der Waals surface area contributed by atoms with E-state index in [-0.39, 0.29) is 11.7 Å². The van der Waals surface area contributed by atoms with Gasteiger partial charge < -0.3 is 9.47 Å². The van der Waals surface area contributed by atoms with Crippen molar-refractivity contribution in [2.45, 2.75) is 72.9 Å². The molecule has 0 radical (unpaired) electrons. The summed E-state index contributed by atoms with van der Waals surface area (Å²) in [7, 11) is 0. The number of benzene rings is 2. The van der Waals surface area contributed by atoms with Crippen molar-refractivity contribution in [3.63, 3.8) is 0 Å². The van der Waals surface area contributed by atoms with Crippen molar-refractivity contribution in [1.82, 2.24) is 14.5 Å². The molecule has 0 aliphatic rings. The van der Waals surface area contributed by atoms with Crippen LogP contribution >= 0.6 is 0 Å². The van der Waals surface area contributed by atoms with Gasteiger partial charge in [0.25, 0.3) is 5.91 Å². The number of carbonyl (C=O) groups excluding carboxylic acids is 1. The van der Waals surface area contributed by atoms with E-state index >= 15 is 0 Å². The Hall–Kier alpha value is -2.69. The number of aromatic nitrogens is 2. The smallest absolute Gasteiger partial charge is 0.254 e. The Kier molecular flexibility index (Phi) is 8.43. The predicted molar refractivity (Wildman–Crippen MR) is 129 cm³/mol. The first-order valence-electron chi connectivity index (χ1n) is 12.0. The maximum atomic E-state index is 13.9. The Balaban J connectivity index is 1.85. The van der Waals surface area contributed by atoms with Gasteiger partial charge in [-0.15, -0.1) is 0 Å². The second kappa shape index (κ2) is 11.3. The Morgan fingerprint density at radius 3 is 2.47 bits per heavy atom. The van der Waals surface area contributed by atoms with Crippen molar-refractivity contribution in [1.29, 1.82) is 0 Å². The van der Waals surface area contributed by atoms with Gasteiger partial charge in [0.2, 0.25) is 0 Å². The summed E-state index contributed by atoms with van der Waals surface area (Å²) >= 11 is 0. The lowest BCUT2D eigenvalue weighted by atomic mass is 10.0. The zero-order chi connectivity index (χ0) is 23.1. The van der Waals surface area contributed by atoms with Gasteiger partial charge in [0, 0.05) is 18.7 Å². The van der Waals surface area contributed by atoms with Gasteiger partial charge in [0.15, 0.2) is 0 Å². The van der Waals surface area contributed by atoms with E-state index in [1.165, 1.54) is 37.0 Å². The van der Waals surface area contributed by atoms with Crippen LogP contribution in [0, 0.1) is 11.7 Å². The molecule has 5 heteroatoms. The third-order valence-electron chi connectivity index (χ3n) is 5.71. The second-order valence-electron chi connectivity index (χ2n) is 9.05. The molecule has 0 atom stereocenters. The average Bonchev–Trinajstić information content (AvgIpc) is 3.10. The molecule has 172 valence electrons. The van der Waals surface area contributed by atoms with Gasteiger partial charge in [-0.05, 0) is 61.1 Å². The van der Waals surface area contributed by atoms with Gasteiger partial charge in [0.1, 0.15) is 11.6 Å². The summed E-state index contributed by atoms with van der Waals surface area (Å²) < 4.78 is 15.9. The molecule has 3 aromatic rings. The van der Waals surface area contributed by atoms with Crippen molar-refractivity contribution < 1.29 is 9.18 Å². The fourth-order valence-corrected chi connectivity index (χ4v) is 4.15. The third-order valence-corrected chi connectivity index (χ3v) is 5.71. The first kappa shape index (κ1) is 24.0. The Bertz CT molecular complexity index is 1020. The SMILES string of the molecule is CCCCCc1ccc(C(=O)N(Cc2nc3ccc(F)cc3n2CCC)CC(C)C)cc1. The zero-order valence-corrected chi connectivity index (χ0v) is 19.9. The van der Waals surface area contributed by atoms with Crippen LogP contribution in [0.25, 0.3) is 11.0 Å². The molecule has 2 aromatic carbocycles. The lowest BCUT2D eigenvalue weighted by Crippen LogP contribution is -2.34. The van der Waals surface area contributed by atoms with Crippen LogP contribution in [0.15, 0.2) is 42.5 Å². The number of hydrogen-bond acceptors (Lipinski definition) is 2. The number of amides is 1. The molecule has 3 rings (SSSR count). The molecule has 0 spiro atoms. The van der Waals surface area contributed by atoms with E-state index in [1.807, 2.05) is 17.0 Å². The lowest BCUT2D eigenvalue weighted by Gasteiger charge is -2.25. The monoisotopic (exact) mass is 437 g/mol. The molecule has 0 aliphatic heterocycles. The standard InChI is InChI=1S/C27H36FN3O/c1-5-7-8-9-21-10-12-22(13-11-21)27(32)30(18-20(3)4)19-26-29-24-15-14-23(28)17-25(24)31(26)16-6-2/h10-15,17,20H,5-9,16,18-19H2,1-4H3. The molecule has 1 heterocycles. The number of nitrogens with zero attached hydrogens (tertiary/aromatic N) is 3. The summed E-state index contributed by atoms with van der Waals surface area (Å²) in [5.74, 6) is 0.877. The van der Waals surface area contributed by atoms with E-state index in [0.29, 0.717) is 24.6 Å². The largest absolute Gasteiger partial charge is 0.331 e. The van der Waals surface area contributed by atoms with Gasteiger partial charge in [-0.2, -0.15) is 0 Å². The van der Waals surface area contributed by atoms with Crippen molar-refractivity contribution in [3.8, 4) is 0 Å². The number of unbranched alkanes of at least 4 members (excludes halogenated alkanes) is 2. The van der Waals surface area contributed by atoms with E-state index < -0.39 is 0 Å². The van der Waals surface area contributed by atoms with E-state index in [4.69, 9.17) is 4.98 Å². The first-order chi connectivity index (χ1) is 15.4. The molecule has 0 unspecified atom stereocenters. The Morgan fingerprint density at radius 2 is 1.81 bits per heavy atom. The Morgan fingerprint density at radius 1 is 1.06 bits per heavy atom. The molecule has 4 nitrogen and oxygen atoms in total. The highest BCUT2D eigenvalue weighted by Gasteiger charge is 2.21. The van der Waals surface area contributed by atoms with Crippen molar-refractivity contribution in [3.05, 3.63) is 65.2 Å². The number of hydrogen-bond donors (Lipinski definition) is 0. The van der Waals surface area contributed by atoms with Crippen LogP contribution in [0.2, 0.25) is 0 Å². The summed E-state index contributed by atoms with van der Waals surface area (Å²) in [5.41, 5.74) is 3.53. The highest BCUT2D eigenvalue weighted by Crippen LogP contribution is 2.21. The third kappa shape index (κ3) is 5.96. The van der Waals surface area contributed by atoms with E-state index in [0.717, 1.165) is 36.2 Å². The molecule has 0 bridgehead atoms. The van der Waals surface area contributed by atoms with Gasteiger partial charge in [-0.1, -0.05) is 52.7 Å². The maximum Gasteiger partial charge on any atom is 0.254 e. The molecule has 1 amide bonds. The molecule has 0 fully saturated rings. The van der Waals surface area contributed by atoms with Crippen LogP contribution in [0.5, 0.6) is 0 Å². The molecule has 0 saturated carbocycles. The van der Waals surface area contributed by atoms with Crippen molar-refractivity contribution in [2.24, 2.45) is 5.92 Å². The van der Waals surface area contributed by atoms with Crippen LogP contribution in [-0.4, -0.2) is 26.9 Å². The molecular weight excluding hydrogens is 401 g/mol. The van der Waals surface area contributed by atoms with Crippen LogP contribution in [-0.2, 0) is 19.5 Å². The van der Waals surface area contributed by atoms with Crippen LogP contribution in [0.4, 0.5) is 4.39 Å². The van der Waals surface area contributed by atoms with E-state index in [9.17, 15) is 9.18 Å². The molecule has 0 N–H and O–H groups in total. The van der Waals surface area contributed by atoms with Gasteiger partial charge >= 0.3 is 0 Å². The van der Waals surface area contributed by atoms with E-state index in [2.05, 4.69) is 44.4 Å².